The Balaban J connectivity index is 2.30. The van der Waals surface area contributed by atoms with Gasteiger partial charge in [-0.25, -0.2) is 9.18 Å². The summed E-state index contributed by atoms with van der Waals surface area (Å²) in [6.45, 7) is 5.44. The van der Waals surface area contributed by atoms with Crippen LogP contribution in [0, 0.1) is 0 Å². The second kappa shape index (κ2) is 18.3. The van der Waals surface area contributed by atoms with Crippen LogP contribution in [0.2, 0.25) is 0 Å². The minimum Gasteiger partial charge on any atom is -0.456 e. The summed E-state index contributed by atoms with van der Waals surface area (Å²) in [6, 6.07) is 6.05. The summed E-state index contributed by atoms with van der Waals surface area (Å²) in [7, 11) is 0. The van der Waals surface area contributed by atoms with Gasteiger partial charge in [-0.1, -0.05) is 39.8 Å². The molecule has 2 N–H and O–H groups in total. The first kappa shape index (κ1) is 36.6. The van der Waals surface area contributed by atoms with Gasteiger partial charge < -0.3 is 34.2 Å². The minimum absolute atomic E-state index is 0.0118. The number of hydrogen-bond acceptors (Lipinski definition) is 12. The van der Waals surface area contributed by atoms with Gasteiger partial charge in [0.25, 0.3) is 0 Å². The van der Waals surface area contributed by atoms with Crippen molar-refractivity contribution in [3.8, 4) is 5.75 Å². The summed E-state index contributed by atoms with van der Waals surface area (Å²) in [5.41, 5.74) is 4.44. The zero-order chi connectivity index (χ0) is 32.7. The maximum Gasteiger partial charge on any atom is 0.331 e. The molecule has 1 saturated heterocycles. The SMILES string of the molecule is CCCC(=O)Oc1ccc(C[C@@](N)(CF)C(=O)O[C@@H]2OC[C@@H](OC(=O)CCC)[C@H](OC(=O)CCC)[C@H]2OC(=O)CCC)cc1. The van der Waals surface area contributed by atoms with Crippen molar-refractivity contribution in [1.29, 1.82) is 0 Å². The van der Waals surface area contributed by atoms with Crippen molar-refractivity contribution in [2.45, 2.75) is 116 Å². The van der Waals surface area contributed by atoms with Gasteiger partial charge in [0.2, 0.25) is 12.4 Å². The summed E-state index contributed by atoms with van der Waals surface area (Å²) in [5, 5.41) is 0. The molecule has 0 amide bonds. The van der Waals surface area contributed by atoms with Crippen LogP contribution in [0.1, 0.15) is 84.6 Å². The van der Waals surface area contributed by atoms with Crippen LogP contribution in [0.4, 0.5) is 4.39 Å². The Bertz CT molecular complexity index is 1110. The number of alkyl halides is 1. The Morgan fingerprint density at radius 1 is 0.773 bits per heavy atom. The number of halogens is 1. The Morgan fingerprint density at radius 3 is 1.80 bits per heavy atom. The van der Waals surface area contributed by atoms with E-state index in [1.54, 1.807) is 20.8 Å². The fourth-order valence-electron chi connectivity index (χ4n) is 4.30. The number of hydrogen-bond donors (Lipinski definition) is 1. The van der Waals surface area contributed by atoms with E-state index in [2.05, 4.69) is 0 Å². The highest BCUT2D eigenvalue weighted by Gasteiger charge is 2.51. The topological polar surface area (TPSA) is 167 Å². The molecule has 246 valence electrons. The molecule has 2 rings (SSSR count). The minimum atomic E-state index is -2.18. The highest BCUT2D eigenvalue weighted by molar-refractivity contribution is 5.81. The molecule has 0 bridgehead atoms. The van der Waals surface area contributed by atoms with Crippen molar-refractivity contribution in [3.05, 3.63) is 29.8 Å². The number of rotatable bonds is 17. The molecular formula is C31H44FNO11. The summed E-state index contributed by atoms with van der Waals surface area (Å²) in [4.78, 5) is 62.5. The van der Waals surface area contributed by atoms with Crippen LogP contribution in [-0.4, -0.2) is 73.3 Å². The van der Waals surface area contributed by atoms with Crippen molar-refractivity contribution < 1.29 is 56.8 Å². The highest BCUT2D eigenvalue weighted by atomic mass is 19.1. The Kier molecular flexibility index (Phi) is 15.2. The Morgan fingerprint density at radius 2 is 1.27 bits per heavy atom. The van der Waals surface area contributed by atoms with E-state index in [0.717, 1.165) is 0 Å². The number of benzene rings is 1. The van der Waals surface area contributed by atoms with E-state index in [1.165, 1.54) is 24.3 Å². The van der Waals surface area contributed by atoms with Gasteiger partial charge in [0.15, 0.2) is 12.2 Å². The number of nitrogens with two attached hydrogens (primary N) is 1. The van der Waals surface area contributed by atoms with E-state index in [9.17, 15) is 28.4 Å². The predicted octanol–water partition coefficient (Wildman–Crippen LogP) is 3.64. The van der Waals surface area contributed by atoms with E-state index in [0.29, 0.717) is 31.2 Å². The molecule has 0 aromatic heterocycles. The molecule has 44 heavy (non-hydrogen) atoms. The van der Waals surface area contributed by atoms with Crippen LogP contribution in [0.25, 0.3) is 0 Å². The summed E-state index contributed by atoms with van der Waals surface area (Å²) < 4.78 is 47.3. The number of carbonyl (C=O) groups excluding carboxylic acids is 5. The third-order valence-corrected chi connectivity index (χ3v) is 6.56. The molecule has 0 radical (unpaired) electrons. The first-order chi connectivity index (χ1) is 21.0. The fourth-order valence-corrected chi connectivity index (χ4v) is 4.30. The molecular weight excluding hydrogens is 581 g/mol. The van der Waals surface area contributed by atoms with Gasteiger partial charge in [-0.3, -0.25) is 19.2 Å². The van der Waals surface area contributed by atoms with Crippen LogP contribution in [0.3, 0.4) is 0 Å². The lowest BCUT2D eigenvalue weighted by Crippen LogP contribution is -2.61. The summed E-state index contributed by atoms with van der Waals surface area (Å²) >= 11 is 0. The normalized spacial score (nSPS) is 21.0. The lowest BCUT2D eigenvalue weighted by molar-refractivity contribution is -0.277. The van der Waals surface area contributed by atoms with Gasteiger partial charge in [-0.2, -0.15) is 0 Å². The average molecular weight is 626 g/mol. The number of ether oxygens (including phenoxy) is 6. The van der Waals surface area contributed by atoms with Gasteiger partial charge in [0.05, 0.1) is 6.61 Å². The van der Waals surface area contributed by atoms with E-state index in [1.807, 2.05) is 6.92 Å². The van der Waals surface area contributed by atoms with E-state index < -0.39 is 66.7 Å². The molecule has 0 aliphatic carbocycles. The molecule has 1 fully saturated rings. The predicted molar refractivity (Wildman–Crippen MR) is 154 cm³/mol. The maximum atomic E-state index is 14.3. The average Bonchev–Trinajstić information content (AvgIpc) is 2.97. The monoisotopic (exact) mass is 625 g/mol. The van der Waals surface area contributed by atoms with Crippen LogP contribution >= 0.6 is 0 Å². The molecule has 13 heteroatoms. The highest BCUT2D eigenvalue weighted by Crippen LogP contribution is 2.28. The van der Waals surface area contributed by atoms with Crippen LogP contribution < -0.4 is 10.5 Å². The molecule has 1 heterocycles. The van der Waals surface area contributed by atoms with Gasteiger partial charge in [-0.05, 0) is 43.4 Å². The van der Waals surface area contributed by atoms with Crippen LogP contribution in [0.15, 0.2) is 24.3 Å². The van der Waals surface area contributed by atoms with Crippen LogP contribution in [0.5, 0.6) is 5.75 Å². The Hall–Kier alpha value is -3.58. The van der Waals surface area contributed by atoms with Gasteiger partial charge >= 0.3 is 29.8 Å². The zero-order valence-corrected chi connectivity index (χ0v) is 25.8. The number of esters is 5. The molecule has 0 saturated carbocycles. The molecule has 12 nitrogen and oxygen atoms in total. The van der Waals surface area contributed by atoms with Crippen molar-refractivity contribution in [3.63, 3.8) is 0 Å². The summed E-state index contributed by atoms with van der Waals surface area (Å²) in [5.74, 6) is -3.27. The Labute approximate surface area is 257 Å². The fraction of sp³-hybridized carbons (Fsp3) is 0.645. The lowest BCUT2D eigenvalue weighted by Gasteiger charge is -2.41. The van der Waals surface area contributed by atoms with Crippen molar-refractivity contribution in [2.75, 3.05) is 13.3 Å². The molecule has 5 atom stereocenters. The molecule has 1 aliphatic rings. The molecule has 1 aromatic carbocycles. The van der Waals surface area contributed by atoms with Crippen molar-refractivity contribution in [2.24, 2.45) is 5.73 Å². The van der Waals surface area contributed by atoms with E-state index in [-0.39, 0.29) is 44.5 Å². The van der Waals surface area contributed by atoms with E-state index in [4.69, 9.17) is 34.2 Å². The van der Waals surface area contributed by atoms with Gasteiger partial charge in [-0.15, -0.1) is 0 Å². The third-order valence-electron chi connectivity index (χ3n) is 6.56. The summed E-state index contributed by atoms with van der Waals surface area (Å²) in [6.07, 6.45) is -3.68. The molecule has 1 aliphatic heterocycles. The lowest BCUT2D eigenvalue weighted by atomic mass is 9.93. The third kappa shape index (κ3) is 11.2. The van der Waals surface area contributed by atoms with Gasteiger partial charge in [0.1, 0.15) is 18.0 Å². The standard InChI is InChI=1S/C31H44FNO11/c1-5-9-23(34)40-21-15-13-20(14-16-21)17-31(33,19-32)30(38)44-29-28(43-26(37)12-8-4)27(42-25(36)11-7-3)22(18-39-29)41-24(35)10-6-2/h13-16,22,27-29H,5-12,17-19,33H2,1-4H3/t22-,27+,28-,29+,31-/m1/s1. The number of carbonyl (C=O) groups is 5. The quantitative estimate of drug-likeness (QED) is 0.152. The van der Waals surface area contributed by atoms with Gasteiger partial charge in [0, 0.05) is 32.1 Å². The second-order valence-electron chi connectivity index (χ2n) is 10.6. The zero-order valence-electron chi connectivity index (χ0n) is 25.8. The molecule has 0 unspecified atom stereocenters. The smallest absolute Gasteiger partial charge is 0.331 e. The van der Waals surface area contributed by atoms with Crippen molar-refractivity contribution >= 4 is 29.8 Å². The van der Waals surface area contributed by atoms with Crippen molar-refractivity contribution in [1.82, 2.24) is 0 Å². The largest absolute Gasteiger partial charge is 0.456 e. The maximum absolute atomic E-state index is 14.3. The first-order valence-corrected chi connectivity index (χ1v) is 15.1. The first-order valence-electron chi connectivity index (χ1n) is 15.1. The van der Waals surface area contributed by atoms with E-state index >= 15 is 0 Å². The molecule has 0 spiro atoms. The van der Waals surface area contributed by atoms with Crippen LogP contribution in [-0.2, 0) is 54.1 Å². The molecule has 1 aromatic rings. The second-order valence-corrected chi connectivity index (χ2v) is 10.6.